The Morgan fingerprint density at radius 3 is 2.70 bits per heavy atom. The maximum absolute atomic E-state index is 11.8. The topological polar surface area (TPSA) is 129 Å². The van der Waals surface area contributed by atoms with Crippen molar-refractivity contribution < 1.29 is 17.9 Å². The number of nitrogens with one attached hydrogen (secondary N) is 3. The molecule has 0 spiro atoms. The monoisotopic (exact) mass is 436 g/mol. The van der Waals surface area contributed by atoms with Gasteiger partial charge in [-0.3, -0.25) is 9.40 Å². The minimum Gasteiger partial charge on any atom is -0.446 e. The van der Waals surface area contributed by atoms with Crippen LogP contribution in [0.5, 0.6) is 0 Å². The zero-order valence-electron chi connectivity index (χ0n) is 17.5. The number of alkyl carbamates (subject to hydrolysis) is 1. The zero-order chi connectivity index (χ0) is 21.9. The lowest BCUT2D eigenvalue weighted by Crippen LogP contribution is -2.33. The summed E-state index contributed by atoms with van der Waals surface area (Å²) in [5, 5.41) is 13.2. The van der Waals surface area contributed by atoms with E-state index in [4.69, 9.17) is 4.74 Å². The average Bonchev–Trinajstić information content (AvgIpc) is 3.29. The molecule has 2 aromatic heterocycles. The fraction of sp³-hybridized carbons (Fsp3) is 0.526. The molecule has 3 rings (SSSR count). The largest absolute Gasteiger partial charge is 0.446 e. The molecule has 11 heteroatoms. The van der Waals surface area contributed by atoms with Crippen molar-refractivity contribution in [3.8, 4) is 0 Å². The van der Waals surface area contributed by atoms with Gasteiger partial charge in [0.05, 0.1) is 18.1 Å². The molecule has 1 aliphatic rings. The van der Waals surface area contributed by atoms with Gasteiger partial charge < -0.3 is 15.4 Å². The van der Waals surface area contributed by atoms with E-state index < -0.39 is 10.0 Å². The SMILES string of the molecule is CC(C)NC(=O)O[C@H]1CC[C@@H](c2cc(Nc3ccc(N(C)S(C)(=O)=O)cn3)n[nH]2)C1. The minimum atomic E-state index is -3.33. The number of anilines is 3. The third-order valence-corrected chi connectivity index (χ3v) is 6.17. The number of aromatic amines is 1. The van der Waals surface area contributed by atoms with Gasteiger partial charge in [-0.2, -0.15) is 5.10 Å². The number of pyridine rings is 1. The lowest BCUT2D eigenvalue weighted by molar-refractivity contribution is 0.0981. The van der Waals surface area contributed by atoms with Crippen LogP contribution in [-0.2, 0) is 14.8 Å². The zero-order valence-corrected chi connectivity index (χ0v) is 18.4. The predicted molar refractivity (Wildman–Crippen MR) is 114 cm³/mol. The number of carbonyl (C=O) groups is 1. The molecular weight excluding hydrogens is 408 g/mol. The van der Waals surface area contributed by atoms with Crippen molar-refractivity contribution in [3.63, 3.8) is 0 Å². The molecule has 10 nitrogen and oxygen atoms in total. The number of hydrogen-bond acceptors (Lipinski definition) is 7. The van der Waals surface area contributed by atoms with Crippen molar-refractivity contribution >= 4 is 33.4 Å². The lowest BCUT2D eigenvalue weighted by Gasteiger charge is -2.16. The molecule has 0 radical (unpaired) electrons. The highest BCUT2D eigenvalue weighted by molar-refractivity contribution is 7.92. The van der Waals surface area contributed by atoms with Gasteiger partial charge in [0.15, 0.2) is 5.82 Å². The smallest absolute Gasteiger partial charge is 0.407 e. The van der Waals surface area contributed by atoms with E-state index in [0.29, 0.717) is 17.3 Å². The number of hydrogen-bond donors (Lipinski definition) is 3. The van der Waals surface area contributed by atoms with E-state index in [2.05, 4.69) is 25.8 Å². The minimum absolute atomic E-state index is 0.0467. The molecule has 0 aromatic carbocycles. The van der Waals surface area contributed by atoms with Gasteiger partial charge in [-0.15, -0.1) is 0 Å². The maximum Gasteiger partial charge on any atom is 0.407 e. The Balaban J connectivity index is 1.56. The van der Waals surface area contributed by atoms with Crippen LogP contribution in [-0.4, -0.2) is 55.1 Å². The number of ether oxygens (including phenoxy) is 1. The molecular formula is C19H28N6O4S. The van der Waals surface area contributed by atoms with Crippen molar-refractivity contribution in [1.29, 1.82) is 0 Å². The predicted octanol–water partition coefficient (Wildman–Crippen LogP) is 2.71. The van der Waals surface area contributed by atoms with Gasteiger partial charge in [0.1, 0.15) is 11.9 Å². The summed E-state index contributed by atoms with van der Waals surface area (Å²) >= 11 is 0. The van der Waals surface area contributed by atoms with Crippen LogP contribution < -0.4 is 14.9 Å². The normalized spacial score (nSPS) is 19.0. The Kier molecular flexibility index (Phi) is 6.49. The number of amides is 1. The van der Waals surface area contributed by atoms with Gasteiger partial charge in [-0.25, -0.2) is 18.2 Å². The number of carbonyl (C=O) groups excluding carboxylic acids is 1. The standard InChI is InChI=1S/C19H28N6O4S/c1-12(2)21-19(26)29-15-7-5-13(9-15)16-10-18(24-23-16)22-17-8-6-14(11-20-17)25(3)30(4,27)28/h6,8,10-13,15H,5,7,9H2,1-4H3,(H,21,26)(H2,20,22,23,24)/t13-,15+/m1/s1. The molecule has 1 saturated carbocycles. The van der Waals surface area contributed by atoms with Crippen LogP contribution in [0, 0.1) is 0 Å². The van der Waals surface area contributed by atoms with Gasteiger partial charge in [-0.1, -0.05) is 0 Å². The van der Waals surface area contributed by atoms with Crippen LogP contribution in [0.4, 0.5) is 22.1 Å². The Labute approximate surface area is 176 Å². The molecule has 0 aliphatic heterocycles. The third-order valence-electron chi connectivity index (χ3n) is 4.97. The summed E-state index contributed by atoms with van der Waals surface area (Å²) in [5.41, 5.74) is 1.45. The van der Waals surface area contributed by atoms with E-state index in [9.17, 15) is 13.2 Å². The molecule has 2 aromatic rings. The molecule has 0 bridgehead atoms. The van der Waals surface area contributed by atoms with Crippen LogP contribution in [0.3, 0.4) is 0 Å². The maximum atomic E-state index is 11.8. The van der Waals surface area contributed by atoms with Gasteiger partial charge in [0.25, 0.3) is 0 Å². The first-order valence-corrected chi connectivity index (χ1v) is 11.7. The molecule has 1 amide bonds. The van der Waals surface area contributed by atoms with E-state index in [0.717, 1.165) is 35.5 Å². The molecule has 2 atom stereocenters. The Morgan fingerprint density at radius 1 is 1.30 bits per heavy atom. The summed E-state index contributed by atoms with van der Waals surface area (Å²) in [4.78, 5) is 16.0. The molecule has 0 saturated heterocycles. The first kappa shape index (κ1) is 21.9. The highest BCUT2D eigenvalue weighted by atomic mass is 32.2. The molecule has 1 fully saturated rings. The number of aromatic nitrogens is 3. The van der Waals surface area contributed by atoms with Crippen LogP contribution in [0.2, 0.25) is 0 Å². The molecule has 164 valence electrons. The van der Waals surface area contributed by atoms with Crippen LogP contribution >= 0.6 is 0 Å². The van der Waals surface area contributed by atoms with E-state index in [1.54, 1.807) is 12.1 Å². The third kappa shape index (κ3) is 5.62. The highest BCUT2D eigenvalue weighted by Gasteiger charge is 2.30. The van der Waals surface area contributed by atoms with E-state index >= 15 is 0 Å². The molecule has 3 N–H and O–H groups in total. The lowest BCUT2D eigenvalue weighted by atomic mass is 10.0. The summed E-state index contributed by atoms with van der Waals surface area (Å²) in [6.45, 7) is 3.79. The quantitative estimate of drug-likeness (QED) is 0.608. The summed E-state index contributed by atoms with van der Waals surface area (Å²) in [6.07, 6.45) is 4.62. The van der Waals surface area contributed by atoms with Gasteiger partial charge in [0, 0.05) is 30.8 Å². The Bertz CT molecular complexity index is 973. The second-order valence-corrected chi connectivity index (χ2v) is 9.82. The van der Waals surface area contributed by atoms with Crippen molar-refractivity contribution in [2.24, 2.45) is 0 Å². The number of sulfonamides is 1. The van der Waals surface area contributed by atoms with Crippen molar-refractivity contribution in [1.82, 2.24) is 20.5 Å². The van der Waals surface area contributed by atoms with E-state index in [1.807, 2.05) is 19.9 Å². The van der Waals surface area contributed by atoms with Crippen molar-refractivity contribution in [2.75, 3.05) is 22.9 Å². The van der Waals surface area contributed by atoms with Crippen molar-refractivity contribution in [3.05, 3.63) is 30.1 Å². The molecule has 1 aliphatic carbocycles. The number of H-pyrrole nitrogens is 1. The van der Waals surface area contributed by atoms with Gasteiger partial charge in [-0.05, 0) is 45.2 Å². The molecule has 30 heavy (non-hydrogen) atoms. The average molecular weight is 437 g/mol. The molecule has 0 unspecified atom stereocenters. The second kappa shape index (κ2) is 8.90. The second-order valence-electron chi connectivity index (χ2n) is 7.80. The van der Waals surface area contributed by atoms with Crippen LogP contribution in [0.25, 0.3) is 0 Å². The number of nitrogens with zero attached hydrogens (tertiary/aromatic N) is 3. The fourth-order valence-corrected chi connectivity index (χ4v) is 3.82. The van der Waals surface area contributed by atoms with E-state index in [-0.39, 0.29) is 24.2 Å². The van der Waals surface area contributed by atoms with E-state index in [1.165, 1.54) is 13.2 Å². The fourth-order valence-electron chi connectivity index (χ4n) is 3.33. The van der Waals surface area contributed by atoms with Gasteiger partial charge >= 0.3 is 6.09 Å². The Hall–Kier alpha value is -2.82. The molecule has 2 heterocycles. The number of rotatable bonds is 7. The van der Waals surface area contributed by atoms with Crippen LogP contribution in [0.1, 0.15) is 44.7 Å². The highest BCUT2D eigenvalue weighted by Crippen LogP contribution is 2.36. The van der Waals surface area contributed by atoms with Crippen molar-refractivity contribution in [2.45, 2.75) is 51.2 Å². The Morgan fingerprint density at radius 2 is 2.07 bits per heavy atom. The summed E-state index contributed by atoms with van der Waals surface area (Å²) in [6, 6.07) is 5.33. The first-order valence-electron chi connectivity index (χ1n) is 9.81. The summed E-state index contributed by atoms with van der Waals surface area (Å²) < 4.78 is 29.8. The van der Waals surface area contributed by atoms with Crippen LogP contribution in [0.15, 0.2) is 24.4 Å². The van der Waals surface area contributed by atoms with Gasteiger partial charge in [0.2, 0.25) is 10.0 Å². The summed E-state index contributed by atoms with van der Waals surface area (Å²) in [7, 11) is -1.86. The first-order chi connectivity index (χ1) is 14.1. The summed E-state index contributed by atoms with van der Waals surface area (Å²) in [5.74, 6) is 1.41.